The second-order valence-electron chi connectivity index (χ2n) is 15.1. The van der Waals surface area contributed by atoms with E-state index in [4.69, 9.17) is 19.2 Å². The smallest absolute Gasteiger partial charge is 0.199 e. The van der Waals surface area contributed by atoms with Gasteiger partial charge < -0.3 is 9.47 Å². The summed E-state index contributed by atoms with van der Waals surface area (Å²) in [5.74, 6) is 2.38. The van der Waals surface area contributed by atoms with Crippen molar-refractivity contribution in [3.05, 3.63) is 0 Å². The fraction of sp³-hybridized carbons (Fsp3) is 1.00. The van der Waals surface area contributed by atoms with Crippen LogP contribution in [0.5, 0.6) is 0 Å². The fourth-order valence-electron chi connectivity index (χ4n) is 11.3. The van der Waals surface area contributed by atoms with E-state index in [1.54, 1.807) is 0 Å². The van der Waals surface area contributed by atoms with Gasteiger partial charge in [0.05, 0.1) is 11.7 Å². The Balaban J connectivity index is 1.23. The molecule has 3 saturated heterocycles. The standard InChI is InChI=1S/C30H50O4/c1-19(9-12-24-32-26(4,5)34-33-24)20-13-15-28(7)22-11-10-21-25(2,3)23-14-16-30(21,31-23)29(22,8)18-17-27(20,28)6/h19-24H,9-18H2,1-8H3/t19?,20-,21-,22?,23+,24?,27-,28+,29+,30+/m1/s1. The van der Waals surface area contributed by atoms with Crippen LogP contribution in [0.1, 0.15) is 120 Å². The molecule has 4 heteroatoms. The van der Waals surface area contributed by atoms with Crippen LogP contribution in [0.2, 0.25) is 0 Å². The van der Waals surface area contributed by atoms with Gasteiger partial charge in [-0.3, -0.25) is 0 Å². The Kier molecular flexibility index (Phi) is 5.15. The maximum Gasteiger partial charge on any atom is 0.199 e. The highest BCUT2D eigenvalue weighted by Gasteiger charge is 2.76. The van der Waals surface area contributed by atoms with Crippen molar-refractivity contribution in [3.63, 3.8) is 0 Å². The number of hydrogen-bond acceptors (Lipinski definition) is 4. The van der Waals surface area contributed by atoms with Gasteiger partial charge in [-0.25, -0.2) is 4.89 Å². The van der Waals surface area contributed by atoms with E-state index in [0.29, 0.717) is 33.7 Å². The zero-order valence-corrected chi connectivity index (χ0v) is 23.2. The summed E-state index contributed by atoms with van der Waals surface area (Å²) in [6.45, 7) is 19.4. The highest BCUT2D eigenvalue weighted by atomic mass is 17.3. The van der Waals surface area contributed by atoms with Gasteiger partial charge in [-0.05, 0) is 112 Å². The van der Waals surface area contributed by atoms with E-state index in [2.05, 4.69) is 41.5 Å². The summed E-state index contributed by atoms with van der Waals surface area (Å²) < 4.78 is 13.0. The molecule has 0 aromatic heterocycles. The average Bonchev–Trinajstić information content (AvgIpc) is 3.47. The Morgan fingerprint density at radius 3 is 2.15 bits per heavy atom. The highest BCUT2D eigenvalue weighted by Crippen LogP contribution is 2.79. The first kappa shape index (κ1) is 24.2. The Labute approximate surface area is 208 Å². The minimum absolute atomic E-state index is 0.141. The van der Waals surface area contributed by atoms with Gasteiger partial charge in [0.25, 0.3) is 0 Å². The molecule has 3 unspecified atom stereocenters. The van der Waals surface area contributed by atoms with Gasteiger partial charge in [0.1, 0.15) is 0 Å². The minimum Gasteiger partial charge on any atom is -0.370 e. The molecule has 0 aromatic carbocycles. The first-order valence-corrected chi connectivity index (χ1v) is 14.5. The van der Waals surface area contributed by atoms with E-state index in [1.165, 1.54) is 51.4 Å². The Hall–Kier alpha value is -0.160. The Morgan fingerprint density at radius 1 is 0.735 bits per heavy atom. The maximum atomic E-state index is 7.12. The molecule has 0 amide bonds. The summed E-state index contributed by atoms with van der Waals surface area (Å²) in [5, 5.41) is 0. The number of ether oxygens (including phenoxy) is 2. The molecule has 194 valence electrons. The van der Waals surface area contributed by atoms with Gasteiger partial charge in [0.2, 0.25) is 0 Å². The van der Waals surface area contributed by atoms with E-state index >= 15 is 0 Å². The number of rotatable bonds is 4. The van der Waals surface area contributed by atoms with Gasteiger partial charge in [0.15, 0.2) is 12.1 Å². The quantitative estimate of drug-likeness (QED) is 0.392. The first-order chi connectivity index (χ1) is 15.8. The average molecular weight is 475 g/mol. The molecule has 3 heterocycles. The molecule has 0 aromatic rings. The summed E-state index contributed by atoms with van der Waals surface area (Å²) in [7, 11) is 0. The third kappa shape index (κ3) is 2.86. The van der Waals surface area contributed by atoms with Crippen LogP contribution < -0.4 is 0 Å². The van der Waals surface area contributed by atoms with Crippen molar-refractivity contribution in [2.75, 3.05) is 0 Å². The van der Waals surface area contributed by atoms with Gasteiger partial charge in [-0.1, -0.05) is 41.5 Å². The van der Waals surface area contributed by atoms with Crippen LogP contribution in [-0.4, -0.2) is 23.8 Å². The Bertz CT molecular complexity index is 838. The minimum atomic E-state index is -0.617. The second-order valence-corrected chi connectivity index (χ2v) is 15.1. The monoisotopic (exact) mass is 474 g/mol. The van der Waals surface area contributed by atoms with Crippen LogP contribution >= 0.6 is 0 Å². The molecular weight excluding hydrogens is 424 g/mol. The molecule has 34 heavy (non-hydrogen) atoms. The molecule has 0 radical (unpaired) electrons. The molecule has 3 saturated carbocycles. The van der Waals surface area contributed by atoms with Crippen molar-refractivity contribution >= 4 is 0 Å². The molecular formula is C30H50O4. The van der Waals surface area contributed by atoms with E-state index in [1.807, 2.05) is 13.8 Å². The maximum absolute atomic E-state index is 7.12. The fourth-order valence-corrected chi connectivity index (χ4v) is 11.3. The zero-order chi connectivity index (χ0) is 24.4. The van der Waals surface area contributed by atoms with Gasteiger partial charge >= 0.3 is 0 Å². The molecule has 6 aliphatic rings. The molecule has 4 nitrogen and oxygen atoms in total. The van der Waals surface area contributed by atoms with Crippen LogP contribution in [0.25, 0.3) is 0 Å². The van der Waals surface area contributed by atoms with Gasteiger partial charge in [-0.2, -0.15) is 4.89 Å². The van der Waals surface area contributed by atoms with Gasteiger partial charge in [0, 0.05) is 11.8 Å². The lowest BCUT2D eigenvalue weighted by Crippen LogP contribution is -2.66. The van der Waals surface area contributed by atoms with E-state index in [-0.39, 0.29) is 11.9 Å². The third-order valence-corrected chi connectivity index (χ3v) is 13.2. The molecule has 1 spiro atoms. The van der Waals surface area contributed by atoms with E-state index in [9.17, 15) is 0 Å². The first-order valence-electron chi connectivity index (χ1n) is 14.5. The van der Waals surface area contributed by atoms with Crippen LogP contribution in [-0.2, 0) is 19.2 Å². The lowest BCUT2D eigenvalue weighted by molar-refractivity contribution is -0.321. The topological polar surface area (TPSA) is 36.9 Å². The van der Waals surface area contributed by atoms with Crippen molar-refractivity contribution in [3.8, 4) is 0 Å². The normalized spacial score (nSPS) is 55.6. The van der Waals surface area contributed by atoms with Crippen LogP contribution in [0.4, 0.5) is 0 Å². The zero-order valence-electron chi connectivity index (χ0n) is 23.2. The highest BCUT2D eigenvalue weighted by molar-refractivity contribution is 5.25. The molecule has 10 atom stereocenters. The summed E-state index contributed by atoms with van der Waals surface area (Å²) in [6.07, 6.45) is 13.2. The van der Waals surface area contributed by atoms with Crippen molar-refractivity contribution in [1.82, 2.24) is 0 Å². The van der Waals surface area contributed by atoms with Crippen molar-refractivity contribution in [2.24, 2.45) is 45.3 Å². The lowest BCUT2D eigenvalue weighted by atomic mass is 9.36. The van der Waals surface area contributed by atoms with Crippen LogP contribution in [0.15, 0.2) is 0 Å². The third-order valence-electron chi connectivity index (χ3n) is 13.2. The Morgan fingerprint density at radius 2 is 1.44 bits per heavy atom. The number of hydrogen-bond donors (Lipinski definition) is 0. The summed E-state index contributed by atoms with van der Waals surface area (Å²) in [4.78, 5) is 10.8. The van der Waals surface area contributed by atoms with E-state index in [0.717, 1.165) is 30.6 Å². The molecule has 6 fully saturated rings. The lowest BCUT2D eigenvalue weighted by Gasteiger charge is -2.68. The molecule has 2 bridgehead atoms. The summed E-state index contributed by atoms with van der Waals surface area (Å²) in [6, 6.07) is 0. The van der Waals surface area contributed by atoms with Crippen molar-refractivity contribution in [2.45, 2.75) is 143 Å². The SMILES string of the molecule is CC(CCC1OOC(C)(C)O1)[C@H]1CC[C@@]2(C)C3CC[C@@H]4C(C)(C)[C@@H]5CC[C@@]4(O5)[C@@]3(C)CC[C@]12C. The molecule has 3 aliphatic carbocycles. The largest absolute Gasteiger partial charge is 0.370 e. The van der Waals surface area contributed by atoms with Crippen LogP contribution in [0, 0.1) is 45.3 Å². The van der Waals surface area contributed by atoms with Crippen molar-refractivity contribution < 1.29 is 19.2 Å². The van der Waals surface area contributed by atoms with Crippen LogP contribution in [0.3, 0.4) is 0 Å². The van der Waals surface area contributed by atoms with Gasteiger partial charge in [-0.15, -0.1) is 0 Å². The van der Waals surface area contributed by atoms with E-state index < -0.39 is 5.79 Å². The molecule has 0 N–H and O–H groups in total. The predicted octanol–water partition coefficient (Wildman–Crippen LogP) is 7.65. The summed E-state index contributed by atoms with van der Waals surface area (Å²) in [5.41, 5.74) is 1.66. The number of fused-ring (bicyclic) bond motifs is 4. The van der Waals surface area contributed by atoms with Crippen molar-refractivity contribution in [1.29, 1.82) is 0 Å². The molecule has 3 aliphatic heterocycles. The second kappa shape index (κ2) is 7.23. The predicted molar refractivity (Wildman–Crippen MR) is 133 cm³/mol. The summed E-state index contributed by atoms with van der Waals surface area (Å²) >= 11 is 0. The molecule has 6 rings (SSSR count).